The predicted octanol–water partition coefficient (Wildman–Crippen LogP) is 6.48. The van der Waals surface area contributed by atoms with E-state index >= 15 is 0 Å². The first-order valence-corrected chi connectivity index (χ1v) is 9.02. The Bertz CT molecular complexity index is 1060. The van der Waals surface area contributed by atoms with E-state index in [9.17, 15) is 0 Å². The maximum atomic E-state index is 6.30. The second kappa shape index (κ2) is 7.19. The van der Waals surface area contributed by atoms with Crippen molar-refractivity contribution in [2.24, 2.45) is 0 Å². The molecule has 128 valence electrons. The van der Waals surface area contributed by atoms with Gasteiger partial charge in [-0.25, -0.2) is 4.98 Å². The Morgan fingerprint density at radius 1 is 0.885 bits per heavy atom. The lowest BCUT2D eigenvalue weighted by Crippen LogP contribution is -2.04. The minimum absolute atomic E-state index is 0.629. The summed E-state index contributed by atoms with van der Waals surface area (Å²) in [6.45, 7) is 2.73. The quantitative estimate of drug-likeness (QED) is 0.451. The molecule has 0 atom stereocenters. The molecular formula is C23H19ClN2. The Labute approximate surface area is 158 Å². The second-order valence-electron chi connectivity index (χ2n) is 6.39. The molecule has 3 heteroatoms. The van der Waals surface area contributed by atoms with Crippen LogP contribution in [0.15, 0.2) is 78.9 Å². The summed E-state index contributed by atoms with van der Waals surface area (Å²) in [4.78, 5) is 4.86. The van der Waals surface area contributed by atoms with Gasteiger partial charge in [0.25, 0.3) is 0 Å². The zero-order valence-corrected chi connectivity index (χ0v) is 15.3. The molecule has 1 heterocycles. The molecule has 1 aromatic heterocycles. The molecule has 0 unspecified atom stereocenters. The average molecular weight is 359 g/mol. The number of benzene rings is 3. The number of nitrogens with zero attached hydrogens (tertiary/aromatic N) is 1. The Balaban J connectivity index is 1.77. The number of anilines is 1. The summed E-state index contributed by atoms with van der Waals surface area (Å²) in [5.74, 6) is 0.868. The summed E-state index contributed by atoms with van der Waals surface area (Å²) in [7, 11) is 0. The van der Waals surface area contributed by atoms with Gasteiger partial charge in [-0.3, -0.25) is 0 Å². The predicted molar refractivity (Wildman–Crippen MR) is 111 cm³/mol. The molecule has 0 aliphatic rings. The first-order valence-electron chi connectivity index (χ1n) is 8.65. The summed E-state index contributed by atoms with van der Waals surface area (Å²) < 4.78 is 0. The summed E-state index contributed by atoms with van der Waals surface area (Å²) in [6.07, 6.45) is 0. The molecule has 0 saturated heterocycles. The summed E-state index contributed by atoms with van der Waals surface area (Å²) in [6, 6.07) is 26.8. The summed E-state index contributed by atoms with van der Waals surface area (Å²) in [5, 5.41) is 5.37. The van der Waals surface area contributed by atoms with Crippen LogP contribution in [-0.4, -0.2) is 4.98 Å². The fourth-order valence-electron chi connectivity index (χ4n) is 3.02. The molecule has 0 radical (unpaired) electrons. The number of nitrogens with one attached hydrogen (secondary N) is 1. The highest BCUT2D eigenvalue weighted by Crippen LogP contribution is 2.31. The Morgan fingerprint density at radius 3 is 2.42 bits per heavy atom. The van der Waals surface area contributed by atoms with Crippen molar-refractivity contribution in [3.8, 4) is 11.1 Å². The van der Waals surface area contributed by atoms with Gasteiger partial charge in [-0.15, -0.1) is 0 Å². The fraction of sp³-hybridized carbons (Fsp3) is 0.0870. The molecule has 3 aromatic carbocycles. The molecule has 0 fully saturated rings. The number of hydrogen-bond donors (Lipinski definition) is 1. The van der Waals surface area contributed by atoms with Gasteiger partial charge in [-0.05, 0) is 36.2 Å². The van der Waals surface area contributed by atoms with Crippen LogP contribution in [0.4, 0.5) is 5.82 Å². The van der Waals surface area contributed by atoms with Gasteiger partial charge in [0.2, 0.25) is 0 Å². The van der Waals surface area contributed by atoms with Crippen LogP contribution < -0.4 is 5.32 Å². The summed E-state index contributed by atoms with van der Waals surface area (Å²) in [5.41, 5.74) is 5.52. The Kier molecular flexibility index (Phi) is 4.59. The Morgan fingerprint density at radius 2 is 1.62 bits per heavy atom. The van der Waals surface area contributed by atoms with Crippen LogP contribution in [0.2, 0.25) is 5.02 Å². The third-order valence-corrected chi connectivity index (χ3v) is 4.86. The van der Waals surface area contributed by atoms with Gasteiger partial charge in [-0.2, -0.15) is 0 Å². The molecular weight excluding hydrogens is 340 g/mol. The van der Waals surface area contributed by atoms with E-state index in [1.807, 2.05) is 42.5 Å². The van der Waals surface area contributed by atoms with Gasteiger partial charge in [0, 0.05) is 22.5 Å². The number of pyridine rings is 1. The van der Waals surface area contributed by atoms with Crippen LogP contribution >= 0.6 is 11.6 Å². The van der Waals surface area contributed by atoms with E-state index in [0.717, 1.165) is 38.4 Å². The van der Waals surface area contributed by atoms with Crippen molar-refractivity contribution in [3.05, 3.63) is 95.0 Å². The number of aryl methyl sites for hydroxylation is 1. The number of aromatic nitrogens is 1. The molecule has 0 bridgehead atoms. The van der Waals surface area contributed by atoms with Gasteiger partial charge in [0.1, 0.15) is 5.82 Å². The highest BCUT2D eigenvalue weighted by atomic mass is 35.5. The third-order valence-electron chi connectivity index (χ3n) is 4.49. The second-order valence-corrected chi connectivity index (χ2v) is 6.80. The molecule has 0 aliphatic carbocycles. The first-order chi connectivity index (χ1) is 12.7. The summed E-state index contributed by atoms with van der Waals surface area (Å²) >= 11 is 6.30. The van der Waals surface area contributed by atoms with Crippen molar-refractivity contribution in [2.45, 2.75) is 13.5 Å². The smallest absolute Gasteiger partial charge is 0.134 e. The highest BCUT2D eigenvalue weighted by Gasteiger charge is 2.10. The molecule has 26 heavy (non-hydrogen) atoms. The lowest BCUT2D eigenvalue weighted by molar-refractivity contribution is 1.12. The van der Waals surface area contributed by atoms with Gasteiger partial charge in [0.05, 0.1) is 5.52 Å². The monoisotopic (exact) mass is 358 g/mol. The van der Waals surface area contributed by atoms with Crippen molar-refractivity contribution in [3.63, 3.8) is 0 Å². The highest BCUT2D eigenvalue weighted by molar-refractivity contribution is 6.31. The van der Waals surface area contributed by atoms with E-state index in [-0.39, 0.29) is 0 Å². The normalized spacial score (nSPS) is 10.8. The van der Waals surface area contributed by atoms with Crippen LogP contribution in [0.25, 0.3) is 22.0 Å². The minimum atomic E-state index is 0.629. The average Bonchev–Trinajstić information content (AvgIpc) is 2.67. The van der Waals surface area contributed by atoms with Crippen LogP contribution in [0.5, 0.6) is 0 Å². The minimum Gasteiger partial charge on any atom is -0.365 e. The molecule has 4 rings (SSSR count). The zero-order valence-electron chi connectivity index (χ0n) is 14.5. The molecule has 0 amide bonds. The van der Waals surface area contributed by atoms with Crippen LogP contribution in [0.1, 0.15) is 11.1 Å². The van der Waals surface area contributed by atoms with E-state index in [1.54, 1.807) is 0 Å². The van der Waals surface area contributed by atoms with Crippen molar-refractivity contribution < 1.29 is 0 Å². The van der Waals surface area contributed by atoms with Crippen molar-refractivity contribution in [1.29, 1.82) is 0 Å². The molecule has 4 aromatic rings. The number of fused-ring (bicyclic) bond motifs is 1. The van der Waals surface area contributed by atoms with Crippen molar-refractivity contribution in [2.75, 3.05) is 5.32 Å². The van der Waals surface area contributed by atoms with E-state index < -0.39 is 0 Å². The van der Waals surface area contributed by atoms with Gasteiger partial charge in [0.15, 0.2) is 0 Å². The van der Waals surface area contributed by atoms with Crippen molar-refractivity contribution in [1.82, 2.24) is 4.98 Å². The van der Waals surface area contributed by atoms with Crippen LogP contribution in [0.3, 0.4) is 0 Å². The lowest BCUT2D eigenvalue weighted by Gasteiger charge is -2.14. The molecule has 0 aliphatic heterocycles. The van der Waals surface area contributed by atoms with E-state index in [0.29, 0.717) is 6.54 Å². The van der Waals surface area contributed by atoms with Crippen LogP contribution in [0, 0.1) is 6.92 Å². The standard InChI is InChI=1S/C23H19ClN2/c1-16-10-12-17(13-11-16)20-14-18-6-3-5-9-22(18)26-23(20)25-15-19-7-2-4-8-21(19)24/h2-14H,15H2,1H3,(H,25,26). The number of hydrogen-bond acceptors (Lipinski definition) is 2. The van der Waals surface area contributed by atoms with Crippen molar-refractivity contribution >= 4 is 28.3 Å². The van der Waals surface area contributed by atoms with E-state index in [1.165, 1.54) is 5.56 Å². The van der Waals surface area contributed by atoms with Crippen LogP contribution in [-0.2, 0) is 6.54 Å². The fourth-order valence-corrected chi connectivity index (χ4v) is 3.23. The molecule has 1 N–H and O–H groups in total. The zero-order chi connectivity index (χ0) is 17.9. The molecule has 0 spiro atoms. The molecule has 2 nitrogen and oxygen atoms in total. The SMILES string of the molecule is Cc1ccc(-c2cc3ccccc3nc2NCc2ccccc2Cl)cc1. The number of para-hydroxylation sites is 1. The topological polar surface area (TPSA) is 24.9 Å². The van der Waals surface area contributed by atoms with E-state index in [4.69, 9.17) is 16.6 Å². The maximum absolute atomic E-state index is 6.30. The van der Waals surface area contributed by atoms with Gasteiger partial charge < -0.3 is 5.32 Å². The third kappa shape index (κ3) is 3.42. The first kappa shape index (κ1) is 16.6. The largest absolute Gasteiger partial charge is 0.365 e. The molecule has 0 saturated carbocycles. The van der Waals surface area contributed by atoms with E-state index in [2.05, 4.69) is 48.6 Å². The van der Waals surface area contributed by atoms with Gasteiger partial charge >= 0.3 is 0 Å². The maximum Gasteiger partial charge on any atom is 0.134 e. The number of rotatable bonds is 4. The lowest BCUT2D eigenvalue weighted by atomic mass is 10.0. The van der Waals surface area contributed by atoms with Gasteiger partial charge in [-0.1, -0.05) is 77.8 Å². The number of halogens is 1. The Hall–Kier alpha value is -2.84.